The highest BCUT2D eigenvalue weighted by Crippen LogP contribution is 2.18. The number of hydrogen-bond acceptors (Lipinski definition) is 3. The van der Waals surface area contributed by atoms with Crippen molar-refractivity contribution in [2.75, 3.05) is 30.4 Å². The van der Waals surface area contributed by atoms with Gasteiger partial charge >= 0.3 is 0 Å². The summed E-state index contributed by atoms with van der Waals surface area (Å²) in [6.45, 7) is 6.32. The summed E-state index contributed by atoms with van der Waals surface area (Å²) in [5, 5.41) is 3.05. The zero-order valence-corrected chi connectivity index (χ0v) is 9.25. The molecule has 14 heavy (non-hydrogen) atoms. The molecular weight excluding hydrogens is 174 g/mol. The Morgan fingerprint density at radius 3 is 2.36 bits per heavy atom. The van der Waals surface area contributed by atoms with Gasteiger partial charge in [0, 0.05) is 20.1 Å². The molecule has 1 N–H and O–H groups in total. The fraction of sp³-hybridized carbons (Fsp3) is 0.545. The summed E-state index contributed by atoms with van der Waals surface area (Å²) in [7, 11) is 1.90. The fourth-order valence-corrected chi connectivity index (χ4v) is 1.27. The van der Waals surface area contributed by atoms with E-state index < -0.39 is 0 Å². The molecule has 0 aromatic carbocycles. The maximum Gasteiger partial charge on any atom is 0.128 e. The van der Waals surface area contributed by atoms with Crippen LogP contribution < -0.4 is 10.2 Å². The van der Waals surface area contributed by atoms with Crippen LogP contribution in [-0.2, 0) is 0 Å². The Morgan fingerprint density at radius 1 is 1.29 bits per heavy atom. The number of pyridine rings is 1. The highest BCUT2D eigenvalue weighted by Gasteiger charge is 2.14. The van der Waals surface area contributed by atoms with Gasteiger partial charge in [0.25, 0.3) is 0 Å². The Labute approximate surface area is 86.2 Å². The van der Waals surface area contributed by atoms with Crippen LogP contribution in [0, 0.1) is 0 Å². The number of nitrogens with zero attached hydrogens (tertiary/aromatic N) is 2. The molecule has 3 heteroatoms. The Balaban J connectivity index is 0.000000461. The minimum absolute atomic E-state index is 1.07. The van der Waals surface area contributed by atoms with Gasteiger partial charge in [-0.3, -0.25) is 0 Å². The van der Waals surface area contributed by atoms with E-state index in [0.717, 1.165) is 24.6 Å². The summed E-state index contributed by atoms with van der Waals surface area (Å²) in [5.74, 6) is 1.10. The largest absolute Gasteiger partial charge is 0.387 e. The van der Waals surface area contributed by atoms with Gasteiger partial charge in [0.2, 0.25) is 0 Å². The third-order valence-corrected chi connectivity index (χ3v) is 2.22. The van der Waals surface area contributed by atoms with E-state index in [1.165, 1.54) is 6.42 Å². The number of nitrogens with one attached hydrogen (secondary N) is 1. The fourth-order valence-electron chi connectivity index (χ4n) is 1.27. The van der Waals surface area contributed by atoms with Gasteiger partial charge in [-0.05, 0) is 18.6 Å². The van der Waals surface area contributed by atoms with Gasteiger partial charge in [0.1, 0.15) is 5.82 Å². The summed E-state index contributed by atoms with van der Waals surface area (Å²) in [6, 6.07) is 4.12. The lowest BCUT2D eigenvalue weighted by Gasteiger charge is -2.31. The molecule has 1 aromatic heterocycles. The lowest BCUT2D eigenvalue weighted by molar-refractivity contribution is 0.610. The van der Waals surface area contributed by atoms with E-state index in [9.17, 15) is 0 Å². The van der Waals surface area contributed by atoms with Crippen LogP contribution in [-0.4, -0.2) is 25.1 Å². The molecule has 78 valence electrons. The molecule has 0 unspecified atom stereocenters. The first kappa shape index (κ1) is 10.8. The molecular formula is C11H19N3. The average Bonchev–Trinajstić information content (AvgIpc) is 2.20. The smallest absolute Gasteiger partial charge is 0.128 e. The molecule has 3 nitrogen and oxygen atoms in total. The molecule has 0 amide bonds. The third kappa shape index (κ3) is 2.37. The van der Waals surface area contributed by atoms with E-state index in [0.29, 0.717) is 0 Å². The zero-order chi connectivity index (χ0) is 10.4. The normalized spacial score (nSPS) is 13.8. The first-order valence-electron chi connectivity index (χ1n) is 5.29. The summed E-state index contributed by atoms with van der Waals surface area (Å²) >= 11 is 0. The SMILES string of the molecule is CC.CNc1ccc(N2CCC2)nc1. The van der Waals surface area contributed by atoms with Gasteiger partial charge in [-0.2, -0.15) is 0 Å². The van der Waals surface area contributed by atoms with Crippen molar-refractivity contribution in [2.24, 2.45) is 0 Å². The van der Waals surface area contributed by atoms with Crippen molar-refractivity contribution >= 4 is 11.5 Å². The highest BCUT2D eigenvalue weighted by molar-refractivity contribution is 5.49. The molecule has 0 radical (unpaired) electrons. The number of rotatable bonds is 2. The Morgan fingerprint density at radius 2 is 2.00 bits per heavy atom. The number of aromatic nitrogens is 1. The molecule has 1 aromatic rings. The van der Waals surface area contributed by atoms with Crippen molar-refractivity contribution in [3.05, 3.63) is 18.3 Å². The number of anilines is 2. The second-order valence-electron chi connectivity index (χ2n) is 3.00. The molecule has 0 aliphatic carbocycles. The minimum Gasteiger partial charge on any atom is -0.387 e. The van der Waals surface area contributed by atoms with Gasteiger partial charge in [0.15, 0.2) is 0 Å². The average molecular weight is 193 g/mol. The van der Waals surface area contributed by atoms with Crippen molar-refractivity contribution in [1.82, 2.24) is 4.98 Å². The Bertz CT molecular complexity index is 252. The van der Waals surface area contributed by atoms with Crippen LogP contribution in [0.4, 0.5) is 11.5 Å². The highest BCUT2D eigenvalue weighted by atomic mass is 15.2. The topological polar surface area (TPSA) is 28.2 Å². The number of hydrogen-bond donors (Lipinski definition) is 1. The molecule has 1 saturated heterocycles. The maximum absolute atomic E-state index is 4.33. The van der Waals surface area contributed by atoms with Crippen molar-refractivity contribution in [3.63, 3.8) is 0 Å². The first-order valence-corrected chi connectivity index (χ1v) is 5.29. The molecule has 1 aliphatic rings. The van der Waals surface area contributed by atoms with E-state index in [1.807, 2.05) is 27.1 Å². The van der Waals surface area contributed by atoms with Crippen LogP contribution in [0.3, 0.4) is 0 Å². The van der Waals surface area contributed by atoms with Crippen LogP contribution in [0.5, 0.6) is 0 Å². The lowest BCUT2D eigenvalue weighted by Crippen LogP contribution is -2.37. The molecule has 0 saturated carbocycles. The summed E-state index contributed by atoms with van der Waals surface area (Å²) < 4.78 is 0. The van der Waals surface area contributed by atoms with Gasteiger partial charge in [-0.25, -0.2) is 4.98 Å². The Kier molecular flexibility index (Phi) is 4.23. The monoisotopic (exact) mass is 193 g/mol. The second-order valence-corrected chi connectivity index (χ2v) is 3.00. The summed E-state index contributed by atoms with van der Waals surface area (Å²) in [6.07, 6.45) is 3.17. The van der Waals surface area contributed by atoms with Crippen LogP contribution >= 0.6 is 0 Å². The van der Waals surface area contributed by atoms with Crippen molar-refractivity contribution in [1.29, 1.82) is 0 Å². The molecule has 1 aliphatic heterocycles. The molecule has 0 atom stereocenters. The van der Waals surface area contributed by atoms with Gasteiger partial charge in [-0.1, -0.05) is 13.8 Å². The van der Waals surface area contributed by atoms with Crippen molar-refractivity contribution < 1.29 is 0 Å². The third-order valence-electron chi connectivity index (χ3n) is 2.22. The van der Waals surface area contributed by atoms with E-state index in [2.05, 4.69) is 27.3 Å². The molecule has 2 heterocycles. The van der Waals surface area contributed by atoms with E-state index in [-0.39, 0.29) is 0 Å². The van der Waals surface area contributed by atoms with Crippen molar-refractivity contribution in [2.45, 2.75) is 20.3 Å². The van der Waals surface area contributed by atoms with Crippen LogP contribution in [0.25, 0.3) is 0 Å². The van der Waals surface area contributed by atoms with E-state index in [1.54, 1.807) is 0 Å². The Hall–Kier alpha value is -1.25. The molecule has 0 bridgehead atoms. The summed E-state index contributed by atoms with van der Waals surface area (Å²) in [4.78, 5) is 6.61. The maximum atomic E-state index is 4.33. The quantitative estimate of drug-likeness (QED) is 0.781. The molecule has 2 rings (SSSR count). The van der Waals surface area contributed by atoms with Gasteiger partial charge in [0.05, 0.1) is 11.9 Å². The second kappa shape index (κ2) is 5.47. The zero-order valence-electron chi connectivity index (χ0n) is 9.25. The standard InChI is InChI=1S/C9H13N3.C2H6/c1-10-8-3-4-9(11-7-8)12-5-2-6-12;1-2/h3-4,7,10H,2,5-6H2,1H3;1-2H3. The molecule has 0 spiro atoms. The first-order chi connectivity index (χ1) is 6.90. The predicted octanol–water partition coefficient (Wildman–Crippen LogP) is 2.36. The van der Waals surface area contributed by atoms with Crippen LogP contribution in [0.15, 0.2) is 18.3 Å². The van der Waals surface area contributed by atoms with E-state index in [4.69, 9.17) is 0 Å². The van der Waals surface area contributed by atoms with Gasteiger partial charge < -0.3 is 10.2 Å². The van der Waals surface area contributed by atoms with Crippen molar-refractivity contribution in [3.8, 4) is 0 Å². The lowest BCUT2D eigenvalue weighted by atomic mass is 10.2. The van der Waals surface area contributed by atoms with Crippen LogP contribution in [0.2, 0.25) is 0 Å². The van der Waals surface area contributed by atoms with Crippen LogP contribution in [0.1, 0.15) is 20.3 Å². The van der Waals surface area contributed by atoms with Gasteiger partial charge in [-0.15, -0.1) is 0 Å². The summed E-state index contributed by atoms with van der Waals surface area (Å²) in [5.41, 5.74) is 1.07. The van der Waals surface area contributed by atoms with E-state index >= 15 is 0 Å². The molecule has 1 fully saturated rings. The minimum atomic E-state index is 1.07. The predicted molar refractivity (Wildman–Crippen MR) is 62.0 cm³/mol.